The first kappa shape index (κ1) is 22.5. The number of methoxy groups -OCH3 is 1. The molecule has 2 amide bonds. The Morgan fingerprint density at radius 1 is 1.06 bits per heavy atom. The molecule has 5 heteroatoms. The van der Waals surface area contributed by atoms with E-state index in [1.807, 2.05) is 29.2 Å². The summed E-state index contributed by atoms with van der Waals surface area (Å²) in [6, 6.07) is 20.1. The molecule has 0 fully saturated rings. The van der Waals surface area contributed by atoms with E-state index in [2.05, 4.69) is 66.3 Å². The van der Waals surface area contributed by atoms with Gasteiger partial charge in [0, 0.05) is 30.7 Å². The van der Waals surface area contributed by atoms with Crippen LogP contribution in [0.1, 0.15) is 43.0 Å². The van der Waals surface area contributed by atoms with Crippen molar-refractivity contribution in [3.05, 3.63) is 83.7 Å². The van der Waals surface area contributed by atoms with Gasteiger partial charge in [0.05, 0.1) is 13.7 Å². The molecule has 0 saturated carbocycles. The maximum atomic E-state index is 13.1. The lowest BCUT2D eigenvalue weighted by Crippen LogP contribution is -2.36. The second-order valence-electron chi connectivity index (χ2n) is 7.90. The summed E-state index contributed by atoms with van der Waals surface area (Å²) in [5, 5.41) is 3.03. The molecule has 1 heterocycles. The third-order valence-corrected chi connectivity index (χ3v) is 5.37. The topological polar surface area (TPSA) is 46.5 Å². The lowest BCUT2D eigenvalue weighted by molar-refractivity contribution is 0.206. The zero-order chi connectivity index (χ0) is 22.1. The van der Waals surface area contributed by atoms with Crippen molar-refractivity contribution in [2.45, 2.75) is 46.2 Å². The Labute approximate surface area is 185 Å². The standard InChI is InChI=1S/C26H33N3O2/c1-4-5-6-16-29(26(30)27-23-12-14-25(31-3)15-13-23)20-24-11-8-17-28(24)19-22-10-7-9-21(2)18-22/h7-15,17-18H,4-6,16,19-20H2,1-3H3,(H,27,30). The zero-order valence-electron chi connectivity index (χ0n) is 18.8. The van der Waals surface area contributed by atoms with Crippen LogP contribution in [0.2, 0.25) is 0 Å². The van der Waals surface area contributed by atoms with Gasteiger partial charge in [-0.15, -0.1) is 0 Å². The van der Waals surface area contributed by atoms with Gasteiger partial charge in [-0.3, -0.25) is 0 Å². The molecule has 0 atom stereocenters. The molecule has 1 aromatic heterocycles. The van der Waals surface area contributed by atoms with Crippen LogP contribution in [0.25, 0.3) is 0 Å². The van der Waals surface area contributed by atoms with E-state index in [0.717, 1.165) is 49.5 Å². The van der Waals surface area contributed by atoms with Crippen LogP contribution in [0.5, 0.6) is 5.75 Å². The highest BCUT2D eigenvalue weighted by Gasteiger charge is 2.16. The molecular formula is C26H33N3O2. The number of nitrogens with zero attached hydrogens (tertiary/aromatic N) is 2. The minimum absolute atomic E-state index is 0.0791. The molecule has 0 aliphatic heterocycles. The molecule has 2 aromatic carbocycles. The minimum atomic E-state index is -0.0791. The maximum Gasteiger partial charge on any atom is 0.322 e. The van der Waals surface area contributed by atoms with Crippen molar-refractivity contribution in [3.63, 3.8) is 0 Å². The first-order valence-corrected chi connectivity index (χ1v) is 11.0. The van der Waals surface area contributed by atoms with E-state index >= 15 is 0 Å². The second kappa shape index (κ2) is 11.3. The van der Waals surface area contributed by atoms with Gasteiger partial charge in [0.2, 0.25) is 0 Å². The highest BCUT2D eigenvalue weighted by molar-refractivity contribution is 5.89. The summed E-state index contributed by atoms with van der Waals surface area (Å²) in [5.74, 6) is 0.770. The van der Waals surface area contributed by atoms with E-state index in [1.54, 1.807) is 7.11 Å². The van der Waals surface area contributed by atoms with Gasteiger partial charge in [0.25, 0.3) is 0 Å². The first-order chi connectivity index (χ1) is 15.1. The third-order valence-electron chi connectivity index (χ3n) is 5.37. The number of aryl methyl sites for hydroxylation is 1. The Morgan fingerprint density at radius 2 is 1.87 bits per heavy atom. The van der Waals surface area contributed by atoms with Gasteiger partial charge in [-0.05, 0) is 55.3 Å². The first-order valence-electron chi connectivity index (χ1n) is 11.0. The number of aromatic nitrogens is 1. The van der Waals surface area contributed by atoms with Crippen LogP contribution in [0.4, 0.5) is 10.5 Å². The Balaban J connectivity index is 1.71. The lowest BCUT2D eigenvalue weighted by atomic mass is 10.1. The van der Waals surface area contributed by atoms with Gasteiger partial charge in [-0.25, -0.2) is 4.79 Å². The summed E-state index contributed by atoms with van der Waals surface area (Å²) in [7, 11) is 1.63. The number of rotatable bonds is 10. The van der Waals surface area contributed by atoms with Crippen molar-refractivity contribution in [1.82, 2.24) is 9.47 Å². The van der Waals surface area contributed by atoms with Crippen LogP contribution in [0, 0.1) is 6.92 Å². The normalized spacial score (nSPS) is 10.7. The van der Waals surface area contributed by atoms with Crippen LogP contribution in [-0.2, 0) is 13.1 Å². The summed E-state index contributed by atoms with van der Waals surface area (Å²) in [4.78, 5) is 15.0. The number of urea groups is 1. The van der Waals surface area contributed by atoms with Gasteiger partial charge in [-0.2, -0.15) is 0 Å². The summed E-state index contributed by atoms with van der Waals surface area (Å²) in [6.07, 6.45) is 5.31. The number of nitrogens with one attached hydrogen (secondary N) is 1. The van der Waals surface area contributed by atoms with Crippen LogP contribution < -0.4 is 10.1 Å². The molecule has 3 rings (SSSR count). The Morgan fingerprint density at radius 3 is 2.58 bits per heavy atom. The number of amides is 2. The number of benzene rings is 2. The Bertz CT molecular complexity index is 963. The maximum absolute atomic E-state index is 13.1. The number of carbonyl (C=O) groups is 1. The van der Waals surface area contributed by atoms with E-state index in [1.165, 1.54) is 11.1 Å². The van der Waals surface area contributed by atoms with E-state index < -0.39 is 0 Å². The molecule has 3 aromatic rings. The molecule has 164 valence electrons. The summed E-state index contributed by atoms with van der Waals surface area (Å²) in [6.45, 7) is 6.39. The molecule has 0 saturated heterocycles. The molecule has 0 unspecified atom stereocenters. The lowest BCUT2D eigenvalue weighted by Gasteiger charge is -2.24. The monoisotopic (exact) mass is 419 g/mol. The average Bonchev–Trinajstić information content (AvgIpc) is 3.20. The average molecular weight is 420 g/mol. The van der Waals surface area contributed by atoms with Gasteiger partial charge in [0.1, 0.15) is 5.75 Å². The van der Waals surface area contributed by atoms with Crippen LogP contribution >= 0.6 is 0 Å². The molecule has 31 heavy (non-hydrogen) atoms. The number of anilines is 1. The summed E-state index contributed by atoms with van der Waals surface area (Å²) in [5.41, 5.74) is 4.41. The van der Waals surface area contributed by atoms with Crippen molar-refractivity contribution in [2.24, 2.45) is 0 Å². The van der Waals surface area contributed by atoms with E-state index in [0.29, 0.717) is 6.54 Å². The van der Waals surface area contributed by atoms with Gasteiger partial charge >= 0.3 is 6.03 Å². The predicted molar refractivity (Wildman–Crippen MR) is 127 cm³/mol. The van der Waals surface area contributed by atoms with Gasteiger partial charge in [-0.1, -0.05) is 49.6 Å². The number of hydrogen-bond donors (Lipinski definition) is 1. The minimum Gasteiger partial charge on any atom is -0.497 e. The van der Waals surface area contributed by atoms with Gasteiger partial charge in [0.15, 0.2) is 0 Å². The van der Waals surface area contributed by atoms with Crippen LogP contribution in [0.3, 0.4) is 0 Å². The van der Waals surface area contributed by atoms with Crippen molar-refractivity contribution >= 4 is 11.7 Å². The quantitative estimate of drug-likeness (QED) is 0.405. The molecule has 0 radical (unpaired) electrons. The fourth-order valence-electron chi connectivity index (χ4n) is 3.63. The predicted octanol–water partition coefficient (Wildman–Crippen LogP) is 6.08. The SMILES string of the molecule is CCCCCN(Cc1cccn1Cc1cccc(C)c1)C(=O)Nc1ccc(OC)cc1. The Kier molecular flexibility index (Phi) is 8.16. The van der Waals surface area contributed by atoms with E-state index in [9.17, 15) is 4.79 Å². The summed E-state index contributed by atoms with van der Waals surface area (Å²) < 4.78 is 7.43. The smallest absolute Gasteiger partial charge is 0.322 e. The highest BCUT2D eigenvalue weighted by Crippen LogP contribution is 2.17. The van der Waals surface area contributed by atoms with E-state index in [4.69, 9.17) is 4.74 Å². The highest BCUT2D eigenvalue weighted by atomic mass is 16.5. The van der Waals surface area contributed by atoms with Crippen molar-refractivity contribution in [3.8, 4) is 5.75 Å². The molecular weight excluding hydrogens is 386 g/mol. The van der Waals surface area contributed by atoms with Crippen LogP contribution in [0.15, 0.2) is 66.9 Å². The van der Waals surface area contributed by atoms with Crippen molar-refractivity contribution < 1.29 is 9.53 Å². The molecule has 0 aliphatic carbocycles. The Hall–Kier alpha value is -3.21. The van der Waals surface area contributed by atoms with Crippen molar-refractivity contribution in [1.29, 1.82) is 0 Å². The number of carbonyl (C=O) groups excluding carboxylic acids is 1. The largest absolute Gasteiger partial charge is 0.497 e. The second-order valence-corrected chi connectivity index (χ2v) is 7.90. The molecule has 0 spiro atoms. The zero-order valence-corrected chi connectivity index (χ0v) is 18.8. The fraction of sp³-hybridized carbons (Fsp3) is 0.346. The number of unbranched alkanes of at least 4 members (excludes halogenated alkanes) is 2. The summed E-state index contributed by atoms with van der Waals surface area (Å²) >= 11 is 0. The third kappa shape index (κ3) is 6.64. The molecule has 1 N–H and O–H groups in total. The van der Waals surface area contributed by atoms with Gasteiger partial charge < -0.3 is 19.5 Å². The van der Waals surface area contributed by atoms with E-state index in [-0.39, 0.29) is 6.03 Å². The number of ether oxygens (including phenoxy) is 1. The molecule has 5 nitrogen and oxygen atoms in total. The van der Waals surface area contributed by atoms with Crippen molar-refractivity contribution in [2.75, 3.05) is 19.0 Å². The van der Waals surface area contributed by atoms with Crippen LogP contribution in [-0.4, -0.2) is 29.2 Å². The molecule has 0 aliphatic rings. The number of hydrogen-bond acceptors (Lipinski definition) is 2. The molecule has 0 bridgehead atoms. The fourth-order valence-corrected chi connectivity index (χ4v) is 3.63.